The molecular formula is C20H20F2N6O. The third kappa shape index (κ3) is 3.86. The number of aliphatic imine (C=N–C) groups is 1. The second-order valence-electron chi connectivity index (χ2n) is 7.24. The van der Waals surface area contributed by atoms with Crippen LogP contribution in [0.5, 0.6) is 0 Å². The predicted octanol–water partition coefficient (Wildman–Crippen LogP) is 1.67. The standard InChI is InChI=1S/C20H20F2N6O/c21-14-7-20(8-14,17-15(22)2-1-4-25-17)11-28-19-26-9-13(10-27-19)12-3-5-24-16(6-12)18(23)29/h1-6,9-10,14,19,26,28H,7-8,11H2,(H2,23,29). The van der Waals surface area contributed by atoms with E-state index in [0.717, 1.165) is 11.1 Å². The number of nitrogens with two attached hydrogens (primary N) is 1. The van der Waals surface area contributed by atoms with Crippen LogP contribution in [-0.2, 0) is 5.41 Å². The van der Waals surface area contributed by atoms with Gasteiger partial charge < -0.3 is 11.1 Å². The van der Waals surface area contributed by atoms with Gasteiger partial charge in [0.1, 0.15) is 17.7 Å². The van der Waals surface area contributed by atoms with E-state index in [0.29, 0.717) is 6.54 Å². The van der Waals surface area contributed by atoms with Crippen LogP contribution in [0.1, 0.15) is 34.6 Å². The summed E-state index contributed by atoms with van der Waals surface area (Å²) >= 11 is 0. The monoisotopic (exact) mass is 398 g/mol. The number of halogens is 2. The van der Waals surface area contributed by atoms with E-state index < -0.39 is 29.6 Å². The highest BCUT2D eigenvalue weighted by molar-refractivity contribution is 6.10. The first-order valence-electron chi connectivity index (χ1n) is 9.21. The molecule has 0 saturated heterocycles. The molecule has 0 aromatic carbocycles. The van der Waals surface area contributed by atoms with Crippen molar-refractivity contribution in [3.8, 4) is 0 Å². The van der Waals surface area contributed by atoms with Crippen LogP contribution >= 0.6 is 0 Å². The fraction of sp³-hybridized carbons (Fsp3) is 0.300. The Balaban J connectivity index is 1.42. The van der Waals surface area contributed by atoms with Gasteiger partial charge in [0.15, 0.2) is 6.29 Å². The van der Waals surface area contributed by atoms with Crippen molar-refractivity contribution in [2.24, 2.45) is 10.7 Å². The number of hydrogen-bond acceptors (Lipinski definition) is 6. The lowest BCUT2D eigenvalue weighted by atomic mass is 9.65. The van der Waals surface area contributed by atoms with E-state index in [2.05, 4.69) is 25.6 Å². The maximum Gasteiger partial charge on any atom is 0.267 e. The Bertz CT molecular complexity index is 986. The number of primary amides is 1. The van der Waals surface area contributed by atoms with Crippen molar-refractivity contribution in [2.45, 2.75) is 30.7 Å². The molecule has 2 aromatic heterocycles. The number of nitrogens with one attached hydrogen (secondary N) is 2. The van der Waals surface area contributed by atoms with Crippen molar-refractivity contribution in [1.29, 1.82) is 0 Å². The Labute approximate surface area is 166 Å². The van der Waals surface area contributed by atoms with Crippen molar-refractivity contribution < 1.29 is 13.6 Å². The molecule has 4 N–H and O–H groups in total. The first kappa shape index (κ1) is 19.1. The van der Waals surface area contributed by atoms with Crippen molar-refractivity contribution in [2.75, 3.05) is 6.54 Å². The summed E-state index contributed by atoms with van der Waals surface area (Å²) in [6.45, 7) is 0.334. The van der Waals surface area contributed by atoms with E-state index >= 15 is 0 Å². The van der Waals surface area contributed by atoms with Crippen LogP contribution in [0.4, 0.5) is 8.78 Å². The minimum atomic E-state index is -0.960. The summed E-state index contributed by atoms with van der Waals surface area (Å²) in [5.74, 6) is -1.03. The van der Waals surface area contributed by atoms with Crippen molar-refractivity contribution in [3.05, 3.63) is 65.6 Å². The summed E-state index contributed by atoms with van der Waals surface area (Å²) < 4.78 is 27.9. The van der Waals surface area contributed by atoms with Crippen molar-refractivity contribution in [1.82, 2.24) is 20.6 Å². The van der Waals surface area contributed by atoms with E-state index in [4.69, 9.17) is 5.73 Å². The Morgan fingerprint density at radius 3 is 2.79 bits per heavy atom. The maximum absolute atomic E-state index is 14.2. The van der Waals surface area contributed by atoms with Gasteiger partial charge in [0.2, 0.25) is 0 Å². The molecule has 1 fully saturated rings. The van der Waals surface area contributed by atoms with Crippen molar-refractivity contribution >= 4 is 17.7 Å². The molecule has 29 heavy (non-hydrogen) atoms. The van der Waals surface area contributed by atoms with E-state index in [1.54, 1.807) is 24.5 Å². The van der Waals surface area contributed by atoms with Crippen LogP contribution in [0.2, 0.25) is 0 Å². The fourth-order valence-corrected chi connectivity index (χ4v) is 3.70. The SMILES string of the molecule is NC(=O)c1cc(C2=CNC(NCC3(c4ncccc4F)CC(F)C3)N=C2)ccn1. The number of rotatable bonds is 6. The molecule has 1 amide bonds. The molecule has 3 heterocycles. The topological polar surface area (TPSA) is 105 Å². The van der Waals surface area contributed by atoms with Crippen LogP contribution in [0, 0.1) is 5.82 Å². The third-order valence-electron chi connectivity index (χ3n) is 5.22. The lowest BCUT2D eigenvalue weighted by Gasteiger charge is -2.44. The Hall–Kier alpha value is -3.20. The van der Waals surface area contributed by atoms with Gasteiger partial charge in [0.25, 0.3) is 5.91 Å². The van der Waals surface area contributed by atoms with Crippen LogP contribution in [-0.4, -0.2) is 41.1 Å². The molecular weight excluding hydrogens is 378 g/mol. The lowest BCUT2D eigenvalue weighted by molar-refractivity contribution is 0.0828. The second kappa shape index (κ2) is 7.67. The highest BCUT2D eigenvalue weighted by Gasteiger charge is 2.48. The molecule has 9 heteroatoms. The Morgan fingerprint density at radius 2 is 2.14 bits per heavy atom. The zero-order valence-corrected chi connectivity index (χ0v) is 15.5. The van der Waals surface area contributed by atoms with Crippen molar-refractivity contribution in [3.63, 3.8) is 0 Å². The number of carbonyl (C=O) groups excluding carboxylic acids is 1. The first-order chi connectivity index (χ1) is 14.0. The molecule has 0 radical (unpaired) electrons. The zero-order valence-electron chi connectivity index (χ0n) is 15.5. The summed E-state index contributed by atoms with van der Waals surface area (Å²) in [6.07, 6.45) is 5.46. The van der Waals surface area contributed by atoms with Gasteiger partial charge >= 0.3 is 0 Å². The molecule has 1 atom stereocenters. The number of alkyl halides is 1. The smallest absolute Gasteiger partial charge is 0.267 e. The molecule has 4 rings (SSSR count). The molecule has 2 aromatic rings. The minimum absolute atomic E-state index is 0.169. The fourth-order valence-electron chi connectivity index (χ4n) is 3.70. The van der Waals surface area contributed by atoms with E-state index in [-0.39, 0.29) is 24.2 Å². The van der Waals surface area contributed by atoms with Gasteiger partial charge in [-0.1, -0.05) is 0 Å². The molecule has 1 aliphatic heterocycles. The number of hydrogen-bond donors (Lipinski definition) is 3. The number of carbonyl (C=O) groups is 1. The van der Waals surface area contributed by atoms with Gasteiger partial charge in [-0.15, -0.1) is 0 Å². The minimum Gasteiger partial charge on any atom is -0.364 e. The highest BCUT2D eigenvalue weighted by Crippen LogP contribution is 2.45. The number of nitrogens with zero attached hydrogens (tertiary/aromatic N) is 3. The highest BCUT2D eigenvalue weighted by atomic mass is 19.1. The Morgan fingerprint density at radius 1 is 1.31 bits per heavy atom. The number of amides is 1. The van der Waals surface area contributed by atoms with Crippen LogP contribution in [0.3, 0.4) is 0 Å². The number of aromatic nitrogens is 2. The molecule has 2 aliphatic rings. The maximum atomic E-state index is 14.2. The van der Waals surface area contributed by atoms with Gasteiger partial charge in [-0.2, -0.15) is 0 Å². The molecule has 0 spiro atoms. The summed E-state index contributed by atoms with van der Waals surface area (Å²) in [7, 11) is 0. The number of allylic oxidation sites excluding steroid dienone is 1. The van der Waals surface area contributed by atoms with Crippen LogP contribution < -0.4 is 16.4 Å². The second-order valence-corrected chi connectivity index (χ2v) is 7.24. The molecule has 1 unspecified atom stereocenters. The lowest BCUT2D eigenvalue weighted by Crippen LogP contribution is -2.54. The molecule has 7 nitrogen and oxygen atoms in total. The number of pyridine rings is 2. The van der Waals surface area contributed by atoms with E-state index in [9.17, 15) is 13.6 Å². The third-order valence-corrected chi connectivity index (χ3v) is 5.22. The quantitative estimate of drug-likeness (QED) is 0.687. The van der Waals surface area contributed by atoms with E-state index in [1.165, 1.54) is 24.5 Å². The Kier molecular flexibility index (Phi) is 5.06. The van der Waals surface area contributed by atoms with Gasteiger partial charge in [0, 0.05) is 42.3 Å². The van der Waals surface area contributed by atoms with Gasteiger partial charge in [-0.25, -0.2) is 8.78 Å². The largest absolute Gasteiger partial charge is 0.364 e. The van der Waals surface area contributed by atoms with Gasteiger partial charge in [-0.3, -0.25) is 25.1 Å². The summed E-state index contributed by atoms with van der Waals surface area (Å²) in [5, 5.41) is 6.30. The van der Waals surface area contributed by atoms with Gasteiger partial charge in [0.05, 0.1) is 5.69 Å². The first-order valence-corrected chi connectivity index (χ1v) is 9.21. The molecule has 1 aliphatic carbocycles. The summed E-state index contributed by atoms with van der Waals surface area (Å²) in [6, 6.07) is 6.20. The van der Waals surface area contributed by atoms with E-state index in [1.807, 2.05) is 0 Å². The summed E-state index contributed by atoms with van der Waals surface area (Å²) in [4.78, 5) is 23.8. The van der Waals surface area contributed by atoms with Crippen LogP contribution in [0.25, 0.3) is 5.57 Å². The zero-order chi connectivity index (χ0) is 20.4. The average Bonchev–Trinajstić information content (AvgIpc) is 2.71. The van der Waals surface area contributed by atoms with Gasteiger partial charge in [-0.05, 0) is 42.7 Å². The molecule has 150 valence electrons. The molecule has 0 bridgehead atoms. The van der Waals surface area contributed by atoms with Crippen LogP contribution in [0.15, 0.2) is 47.9 Å². The summed E-state index contributed by atoms with van der Waals surface area (Å²) in [5.41, 5.74) is 6.53. The normalized spacial score (nSPS) is 25.7. The average molecular weight is 398 g/mol. The predicted molar refractivity (Wildman–Crippen MR) is 104 cm³/mol. The molecule has 1 saturated carbocycles.